The highest BCUT2D eigenvalue weighted by molar-refractivity contribution is 5.85. The van der Waals surface area contributed by atoms with E-state index in [9.17, 15) is 5.11 Å². The van der Waals surface area contributed by atoms with Crippen LogP contribution in [0.5, 0.6) is 0 Å². The number of benzene rings is 4. The van der Waals surface area contributed by atoms with Crippen molar-refractivity contribution in [3.8, 4) is 22.3 Å². The van der Waals surface area contributed by atoms with Crippen molar-refractivity contribution in [3.05, 3.63) is 119 Å². The Bertz CT molecular complexity index is 1140. The summed E-state index contributed by atoms with van der Waals surface area (Å²) in [7, 11) is 0. The van der Waals surface area contributed by atoms with E-state index >= 15 is 0 Å². The van der Waals surface area contributed by atoms with Crippen LogP contribution in [-0.2, 0) is 5.60 Å². The Kier molecular flexibility index (Phi) is 3.53. The first-order chi connectivity index (χ1) is 13.2. The van der Waals surface area contributed by atoms with Gasteiger partial charge in [0.1, 0.15) is 5.60 Å². The van der Waals surface area contributed by atoms with Gasteiger partial charge in [0, 0.05) is 16.7 Å². The van der Waals surface area contributed by atoms with Gasteiger partial charge in [0.15, 0.2) is 0 Å². The van der Waals surface area contributed by atoms with Gasteiger partial charge in [-0.3, -0.25) is 0 Å². The molecular formula is C26H20O. The van der Waals surface area contributed by atoms with Crippen LogP contribution >= 0.6 is 0 Å². The van der Waals surface area contributed by atoms with Gasteiger partial charge < -0.3 is 5.11 Å². The van der Waals surface area contributed by atoms with Crippen LogP contribution in [0.4, 0.5) is 0 Å². The molecule has 1 nitrogen and oxygen atoms in total. The van der Waals surface area contributed by atoms with Gasteiger partial charge in [-0.25, -0.2) is 0 Å². The summed E-state index contributed by atoms with van der Waals surface area (Å²) < 4.78 is 0. The first-order valence-electron chi connectivity index (χ1n) is 9.28. The van der Waals surface area contributed by atoms with Crippen LogP contribution in [0, 0.1) is 6.92 Å². The predicted octanol–water partition coefficient (Wildman–Crippen LogP) is 5.93. The number of hydrogen-bond acceptors (Lipinski definition) is 1. The maximum atomic E-state index is 12.2. The monoisotopic (exact) mass is 348 g/mol. The van der Waals surface area contributed by atoms with Crippen LogP contribution in [0.25, 0.3) is 22.3 Å². The first-order valence-corrected chi connectivity index (χ1v) is 9.28. The molecule has 1 aliphatic carbocycles. The highest BCUT2D eigenvalue weighted by Gasteiger charge is 2.44. The molecule has 0 saturated carbocycles. The standard InChI is InChI=1S/C26H20O/c1-18-15-16-22-21-12-6-8-14-24(21)26(27,25(22)17-18)23-13-7-5-11-20(23)19-9-3-2-4-10-19/h2-17,27H,1H3. The summed E-state index contributed by atoms with van der Waals surface area (Å²) in [5, 5.41) is 12.2. The topological polar surface area (TPSA) is 20.2 Å². The van der Waals surface area contributed by atoms with Crippen LogP contribution < -0.4 is 0 Å². The fourth-order valence-electron chi connectivity index (χ4n) is 4.33. The molecule has 27 heavy (non-hydrogen) atoms. The summed E-state index contributed by atoms with van der Waals surface area (Å²) in [6, 6.07) is 33.1. The van der Waals surface area contributed by atoms with E-state index in [1.807, 2.05) is 48.5 Å². The van der Waals surface area contributed by atoms with Crippen LogP contribution in [0.1, 0.15) is 22.3 Å². The Morgan fingerprint density at radius 2 is 1.11 bits per heavy atom. The zero-order chi connectivity index (χ0) is 18.4. The van der Waals surface area contributed by atoms with Crippen LogP contribution in [0.15, 0.2) is 97.1 Å². The van der Waals surface area contributed by atoms with E-state index in [0.717, 1.165) is 44.5 Å². The third-order valence-corrected chi connectivity index (χ3v) is 5.57. The van der Waals surface area contributed by atoms with E-state index in [1.54, 1.807) is 0 Å². The van der Waals surface area contributed by atoms with Gasteiger partial charge in [-0.2, -0.15) is 0 Å². The maximum absolute atomic E-state index is 12.2. The second-order valence-electron chi connectivity index (χ2n) is 7.22. The van der Waals surface area contributed by atoms with Crippen molar-refractivity contribution in [2.45, 2.75) is 12.5 Å². The molecular weight excluding hydrogens is 328 g/mol. The van der Waals surface area contributed by atoms with E-state index < -0.39 is 5.60 Å². The largest absolute Gasteiger partial charge is 0.376 e. The van der Waals surface area contributed by atoms with E-state index in [1.165, 1.54) is 0 Å². The zero-order valence-electron chi connectivity index (χ0n) is 15.2. The van der Waals surface area contributed by atoms with Crippen molar-refractivity contribution in [1.29, 1.82) is 0 Å². The molecule has 4 aromatic carbocycles. The normalized spacial score (nSPS) is 17.4. The molecule has 0 fully saturated rings. The third-order valence-electron chi connectivity index (χ3n) is 5.57. The molecule has 0 spiro atoms. The molecule has 1 unspecified atom stereocenters. The van der Waals surface area contributed by atoms with Crippen molar-refractivity contribution in [3.63, 3.8) is 0 Å². The van der Waals surface area contributed by atoms with Crippen LogP contribution in [0.3, 0.4) is 0 Å². The molecule has 5 rings (SSSR count). The van der Waals surface area contributed by atoms with Crippen LogP contribution in [0.2, 0.25) is 0 Å². The lowest BCUT2D eigenvalue weighted by Gasteiger charge is -2.29. The highest BCUT2D eigenvalue weighted by atomic mass is 16.3. The molecule has 1 aliphatic rings. The smallest absolute Gasteiger partial charge is 0.142 e. The first kappa shape index (κ1) is 16.0. The second-order valence-corrected chi connectivity index (χ2v) is 7.22. The minimum atomic E-state index is -1.16. The number of aryl methyl sites for hydroxylation is 1. The molecule has 1 atom stereocenters. The Balaban J connectivity index is 1.86. The Morgan fingerprint density at radius 3 is 1.85 bits per heavy atom. The average molecular weight is 348 g/mol. The lowest BCUT2D eigenvalue weighted by atomic mass is 9.80. The van der Waals surface area contributed by atoms with Crippen molar-refractivity contribution >= 4 is 0 Å². The molecule has 4 aromatic rings. The Labute approximate surface area is 159 Å². The van der Waals surface area contributed by atoms with Gasteiger partial charge in [0.05, 0.1) is 0 Å². The number of aliphatic hydroxyl groups is 1. The molecule has 0 radical (unpaired) electrons. The van der Waals surface area contributed by atoms with Gasteiger partial charge in [-0.15, -0.1) is 0 Å². The van der Waals surface area contributed by atoms with Crippen molar-refractivity contribution in [2.75, 3.05) is 0 Å². The summed E-state index contributed by atoms with van der Waals surface area (Å²) in [4.78, 5) is 0. The van der Waals surface area contributed by atoms with Gasteiger partial charge in [0.2, 0.25) is 0 Å². The molecule has 0 aliphatic heterocycles. The molecule has 130 valence electrons. The second kappa shape index (κ2) is 5.94. The lowest BCUT2D eigenvalue weighted by Crippen LogP contribution is -2.27. The van der Waals surface area contributed by atoms with Gasteiger partial charge >= 0.3 is 0 Å². The van der Waals surface area contributed by atoms with Gasteiger partial charge in [-0.05, 0) is 29.2 Å². The molecule has 1 heteroatoms. The lowest BCUT2D eigenvalue weighted by molar-refractivity contribution is 0.131. The fourth-order valence-corrected chi connectivity index (χ4v) is 4.33. The van der Waals surface area contributed by atoms with Crippen molar-refractivity contribution in [1.82, 2.24) is 0 Å². The summed E-state index contributed by atoms with van der Waals surface area (Å²) in [5.74, 6) is 0. The van der Waals surface area contributed by atoms with E-state index in [2.05, 4.69) is 55.5 Å². The van der Waals surface area contributed by atoms with Crippen molar-refractivity contribution in [2.24, 2.45) is 0 Å². The van der Waals surface area contributed by atoms with Gasteiger partial charge in [-0.1, -0.05) is 103 Å². The summed E-state index contributed by atoms with van der Waals surface area (Å²) in [6.45, 7) is 2.08. The van der Waals surface area contributed by atoms with E-state index in [0.29, 0.717) is 0 Å². The number of hydrogen-bond donors (Lipinski definition) is 1. The number of fused-ring (bicyclic) bond motifs is 3. The van der Waals surface area contributed by atoms with E-state index in [4.69, 9.17) is 0 Å². The highest BCUT2D eigenvalue weighted by Crippen LogP contribution is 2.52. The molecule has 0 amide bonds. The van der Waals surface area contributed by atoms with E-state index in [-0.39, 0.29) is 0 Å². The summed E-state index contributed by atoms with van der Waals surface area (Å²) in [6.07, 6.45) is 0. The van der Waals surface area contributed by atoms with Crippen LogP contribution in [-0.4, -0.2) is 5.11 Å². The SMILES string of the molecule is Cc1ccc2c(c1)C(O)(c1ccccc1-c1ccccc1)c1ccccc1-2. The third kappa shape index (κ3) is 2.29. The molecule has 0 bridgehead atoms. The minimum Gasteiger partial charge on any atom is -0.376 e. The van der Waals surface area contributed by atoms with Crippen molar-refractivity contribution < 1.29 is 5.11 Å². The predicted molar refractivity (Wildman–Crippen MR) is 111 cm³/mol. The average Bonchev–Trinajstić information content (AvgIpc) is 2.98. The molecule has 1 N–H and O–H groups in total. The Morgan fingerprint density at radius 1 is 0.556 bits per heavy atom. The summed E-state index contributed by atoms with van der Waals surface area (Å²) >= 11 is 0. The fraction of sp³-hybridized carbons (Fsp3) is 0.0769. The molecule has 0 aromatic heterocycles. The minimum absolute atomic E-state index is 0.924. The quantitative estimate of drug-likeness (QED) is 0.476. The Hall–Kier alpha value is -3.16. The maximum Gasteiger partial charge on any atom is 0.142 e. The zero-order valence-corrected chi connectivity index (χ0v) is 15.2. The number of rotatable bonds is 2. The molecule has 0 saturated heterocycles. The molecule has 0 heterocycles. The van der Waals surface area contributed by atoms with Gasteiger partial charge in [0.25, 0.3) is 0 Å². The summed E-state index contributed by atoms with van der Waals surface area (Å²) in [5.41, 5.74) is 7.22.